The minimum atomic E-state index is -0.526. The Morgan fingerprint density at radius 3 is 2.47 bits per heavy atom. The lowest BCUT2D eigenvalue weighted by Gasteiger charge is -2.19. The summed E-state index contributed by atoms with van der Waals surface area (Å²) in [5, 5.41) is 10.0. The second-order valence-electron chi connectivity index (χ2n) is 4.66. The summed E-state index contributed by atoms with van der Waals surface area (Å²) in [4.78, 5) is 10.8. The van der Waals surface area contributed by atoms with Gasteiger partial charge in [0.15, 0.2) is 5.82 Å². The van der Waals surface area contributed by atoms with E-state index in [9.17, 15) is 5.11 Å². The highest BCUT2D eigenvalue weighted by Gasteiger charge is 2.15. The molecule has 1 unspecified atom stereocenters. The molecule has 2 rings (SSSR count). The van der Waals surface area contributed by atoms with E-state index in [1.54, 1.807) is 6.20 Å². The van der Waals surface area contributed by atoms with Gasteiger partial charge in [-0.2, -0.15) is 0 Å². The van der Waals surface area contributed by atoms with Gasteiger partial charge in [0, 0.05) is 31.4 Å². The Hall–Kier alpha value is -1.94. The van der Waals surface area contributed by atoms with E-state index in [4.69, 9.17) is 0 Å². The molecule has 0 radical (unpaired) electrons. The summed E-state index contributed by atoms with van der Waals surface area (Å²) in [6.07, 6.45) is 1.84. The largest absolute Gasteiger partial charge is 0.388 e. The molecule has 1 atom stereocenters. The summed E-state index contributed by atoms with van der Waals surface area (Å²) in [7, 11) is 3.84. The van der Waals surface area contributed by atoms with E-state index < -0.39 is 6.10 Å². The van der Waals surface area contributed by atoms with Crippen LogP contribution in [0.2, 0.25) is 0 Å². The second kappa shape index (κ2) is 5.80. The van der Waals surface area contributed by atoms with Crippen LogP contribution in [-0.2, 0) is 0 Å². The van der Waals surface area contributed by atoms with Crippen molar-refractivity contribution in [2.75, 3.05) is 19.0 Å². The Kier molecular flexibility index (Phi) is 4.12. The molecular weight excluding hydrogens is 238 g/mol. The van der Waals surface area contributed by atoms with E-state index in [1.807, 2.05) is 56.3 Å². The summed E-state index contributed by atoms with van der Waals surface area (Å²) < 4.78 is 0. The molecule has 4 heteroatoms. The van der Waals surface area contributed by atoms with Gasteiger partial charge in [-0.3, -0.25) is 0 Å². The van der Waals surface area contributed by atoms with Crippen molar-refractivity contribution in [2.24, 2.45) is 0 Å². The minimum absolute atomic E-state index is 0.526. The summed E-state index contributed by atoms with van der Waals surface area (Å²) in [5.41, 5.74) is 1.75. The van der Waals surface area contributed by atoms with Gasteiger partial charge < -0.3 is 10.0 Å². The van der Waals surface area contributed by atoms with Crippen molar-refractivity contribution in [2.45, 2.75) is 19.4 Å². The Balaban J connectivity index is 2.48. The number of aliphatic hydroxyl groups is 1. The van der Waals surface area contributed by atoms with Gasteiger partial charge in [-0.05, 0) is 6.42 Å². The smallest absolute Gasteiger partial charge is 0.161 e. The molecule has 4 nitrogen and oxygen atoms in total. The number of hydrogen-bond acceptors (Lipinski definition) is 4. The topological polar surface area (TPSA) is 49.3 Å². The third kappa shape index (κ3) is 2.90. The average Bonchev–Trinajstić information content (AvgIpc) is 2.46. The SMILES string of the molecule is CCC(O)c1cnc(-c2ccccc2)nc1N(C)C. The Bertz CT molecular complexity index is 540. The number of aromatic nitrogens is 2. The van der Waals surface area contributed by atoms with Crippen molar-refractivity contribution in [3.05, 3.63) is 42.1 Å². The molecule has 0 aliphatic rings. The van der Waals surface area contributed by atoms with Crippen molar-refractivity contribution in [3.63, 3.8) is 0 Å². The molecular formula is C15H19N3O. The molecule has 2 aromatic rings. The summed E-state index contributed by atoms with van der Waals surface area (Å²) in [6.45, 7) is 1.94. The first-order valence-electron chi connectivity index (χ1n) is 6.41. The van der Waals surface area contributed by atoms with Crippen molar-refractivity contribution >= 4 is 5.82 Å². The molecule has 0 bridgehead atoms. The van der Waals surface area contributed by atoms with E-state index in [1.165, 1.54) is 0 Å². The van der Waals surface area contributed by atoms with Gasteiger partial charge in [0.1, 0.15) is 5.82 Å². The third-order valence-corrected chi connectivity index (χ3v) is 3.00. The van der Waals surface area contributed by atoms with Crippen LogP contribution < -0.4 is 4.90 Å². The molecule has 19 heavy (non-hydrogen) atoms. The van der Waals surface area contributed by atoms with E-state index in [0.29, 0.717) is 12.2 Å². The Morgan fingerprint density at radius 2 is 1.89 bits per heavy atom. The maximum Gasteiger partial charge on any atom is 0.161 e. The van der Waals surface area contributed by atoms with Crippen LogP contribution in [0.15, 0.2) is 36.5 Å². The molecule has 1 aromatic heterocycles. The van der Waals surface area contributed by atoms with Crippen LogP contribution >= 0.6 is 0 Å². The van der Waals surface area contributed by atoms with Crippen molar-refractivity contribution < 1.29 is 5.11 Å². The molecule has 1 N–H and O–H groups in total. The van der Waals surface area contributed by atoms with E-state index in [0.717, 1.165) is 16.9 Å². The molecule has 0 aliphatic heterocycles. The maximum atomic E-state index is 10.0. The number of rotatable bonds is 4. The van der Waals surface area contributed by atoms with Crippen LogP contribution in [0.1, 0.15) is 25.0 Å². The molecule has 1 aromatic carbocycles. The number of anilines is 1. The van der Waals surface area contributed by atoms with E-state index in [2.05, 4.69) is 9.97 Å². The lowest BCUT2D eigenvalue weighted by Crippen LogP contribution is -2.16. The van der Waals surface area contributed by atoms with Crippen molar-refractivity contribution in [1.82, 2.24) is 9.97 Å². The molecule has 0 spiro atoms. The van der Waals surface area contributed by atoms with Crippen LogP contribution in [0.5, 0.6) is 0 Å². The van der Waals surface area contributed by atoms with Gasteiger partial charge in [0.05, 0.1) is 6.10 Å². The normalized spacial score (nSPS) is 12.2. The third-order valence-electron chi connectivity index (χ3n) is 3.00. The number of hydrogen-bond donors (Lipinski definition) is 1. The Labute approximate surface area is 113 Å². The van der Waals surface area contributed by atoms with Crippen LogP contribution in [-0.4, -0.2) is 29.2 Å². The highest BCUT2D eigenvalue weighted by Crippen LogP contribution is 2.27. The maximum absolute atomic E-state index is 10.0. The van der Waals surface area contributed by atoms with E-state index in [-0.39, 0.29) is 0 Å². The lowest BCUT2D eigenvalue weighted by atomic mass is 10.1. The standard InChI is InChI=1S/C15H19N3O/c1-4-13(19)12-10-16-14(17-15(12)18(2)3)11-8-6-5-7-9-11/h5-10,13,19H,4H2,1-3H3. The van der Waals surface area contributed by atoms with E-state index >= 15 is 0 Å². The van der Waals surface area contributed by atoms with Gasteiger partial charge in [-0.25, -0.2) is 9.97 Å². The zero-order valence-corrected chi connectivity index (χ0v) is 11.5. The van der Waals surface area contributed by atoms with Crippen LogP contribution in [0.4, 0.5) is 5.82 Å². The van der Waals surface area contributed by atoms with Crippen LogP contribution in [0.25, 0.3) is 11.4 Å². The minimum Gasteiger partial charge on any atom is -0.388 e. The summed E-state index contributed by atoms with van der Waals surface area (Å²) >= 11 is 0. The second-order valence-corrected chi connectivity index (χ2v) is 4.66. The molecule has 0 aliphatic carbocycles. The highest BCUT2D eigenvalue weighted by molar-refractivity contribution is 5.59. The first-order chi connectivity index (χ1) is 9.13. The average molecular weight is 257 g/mol. The molecule has 1 heterocycles. The first-order valence-corrected chi connectivity index (χ1v) is 6.41. The number of aliphatic hydroxyl groups excluding tert-OH is 1. The van der Waals surface area contributed by atoms with Gasteiger partial charge >= 0.3 is 0 Å². The predicted molar refractivity (Wildman–Crippen MR) is 77.0 cm³/mol. The molecule has 0 fully saturated rings. The molecule has 0 saturated heterocycles. The molecule has 100 valence electrons. The van der Waals surface area contributed by atoms with Crippen molar-refractivity contribution in [3.8, 4) is 11.4 Å². The quantitative estimate of drug-likeness (QED) is 0.914. The predicted octanol–water partition coefficient (Wildman–Crippen LogP) is 2.65. The number of benzene rings is 1. The van der Waals surface area contributed by atoms with Crippen LogP contribution in [0, 0.1) is 0 Å². The lowest BCUT2D eigenvalue weighted by molar-refractivity contribution is 0.173. The van der Waals surface area contributed by atoms with Crippen molar-refractivity contribution in [1.29, 1.82) is 0 Å². The fraction of sp³-hybridized carbons (Fsp3) is 0.333. The van der Waals surface area contributed by atoms with Crippen LogP contribution in [0.3, 0.4) is 0 Å². The fourth-order valence-corrected chi connectivity index (χ4v) is 1.92. The summed E-state index contributed by atoms with van der Waals surface area (Å²) in [5.74, 6) is 1.44. The number of nitrogens with zero attached hydrogens (tertiary/aromatic N) is 3. The summed E-state index contributed by atoms with van der Waals surface area (Å²) in [6, 6.07) is 9.84. The van der Waals surface area contributed by atoms with Gasteiger partial charge in [0.2, 0.25) is 0 Å². The highest BCUT2D eigenvalue weighted by atomic mass is 16.3. The Morgan fingerprint density at radius 1 is 1.21 bits per heavy atom. The first kappa shape index (κ1) is 13.5. The molecule has 0 saturated carbocycles. The fourth-order valence-electron chi connectivity index (χ4n) is 1.92. The van der Waals surface area contributed by atoms with Gasteiger partial charge in [-0.1, -0.05) is 37.3 Å². The zero-order valence-electron chi connectivity index (χ0n) is 11.5. The monoisotopic (exact) mass is 257 g/mol. The molecule has 0 amide bonds. The van der Waals surface area contributed by atoms with Gasteiger partial charge in [0.25, 0.3) is 0 Å². The zero-order chi connectivity index (χ0) is 13.8. The van der Waals surface area contributed by atoms with Gasteiger partial charge in [-0.15, -0.1) is 0 Å².